The summed E-state index contributed by atoms with van der Waals surface area (Å²) in [5.74, 6) is 0. The van der Waals surface area contributed by atoms with Crippen LogP contribution in [0.15, 0.2) is 30.3 Å². The molecule has 0 saturated carbocycles. The maximum absolute atomic E-state index is 6.05. The molecular weight excluding hydrogens is 451 g/mol. The quantitative estimate of drug-likeness (QED) is 0.0873. The van der Waals surface area contributed by atoms with Crippen molar-refractivity contribution in [2.24, 2.45) is 0 Å². The molecule has 0 radical (unpaired) electrons. The normalized spacial score (nSPS) is 11.5. The van der Waals surface area contributed by atoms with Crippen molar-refractivity contribution in [3.8, 4) is 0 Å². The van der Waals surface area contributed by atoms with E-state index in [1.807, 2.05) is 6.07 Å². The zero-order chi connectivity index (χ0) is 25.1. The molecule has 1 rings (SSSR count). The van der Waals surface area contributed by atoms with Gasteiger partial charge in [-0.1, -0.05) is 160 Å². The summed E-state index contributed by atoms with van der Waals surface area (Å²) in [4.78, 5) is 0. The van der Waals surface area contributed by atoms with Gasteiger partial charge in [-0.05, 0) is 18.4 Å². The van der Waals surface area contributed by atoms with Crippen molar-refractivity contribution in [1.82, 2.24) is 0 Å². The van der Waals surface area contributed by atoms with E-state index in [-0.39, 0.29) is 0 Å². The highest BCUT2D eigenvalue weighted by Gasteiger charge is 2.13. The summed E-state index contributed by atoms with van der Waals surface area (Å²) in [6.07, 6.45) is 26.8. The zero-order valence-corrected chi connectivity index (χ0v) is 24.2. The van der Waals surface area contributed by atoms with Crippen molar-refractivity contribution in [3.05, 3.63) is 35.9 Å². The molecule has 0 aliphatic rings. The lowest BCUT2D eigenvalue weighted by molar-refractivity contribution is 0.150. The van der Waals surface area contributed by atoms with E-state index < -0.39 is 8.60 Å². The predicted octanol–water partition coefficient (Wildman–Crippen LogP) is 11.3. The highest BCUT2D eigenvalue weighted by molar-refractivity contribution is 7.41. The van der Waals surface area contributed by atoms with E-state index in [9.17, 15) is 0 Å². The van der Waals surface area contributed by atoms with Crippen LogP contribution in [0.4, 0.5) is 0 Å². The topological polar surface area (TPSA) is 27.7 Å². The summed E-state index contributed by atoms with van der Waals surface area (Å²) < 4.78 is 18.1. The predicted molar refractivity (Wildman–Crippen MR) is 154 cm³/mol. The first-order valence-electron chi connectivity index (χ1n) is 15.1. The molecule has 0 aliphatic carbocycles. The molecule has 0 heterocycles. The summed E-state index contributed by atoms with van der Waals surface area (Å²) in [7, 11) is -1.26. The van der Waals surface area contributed by atoms with Crippen LogP contribution >= 0.6 is 8.60 Å². The fourth-order valence-corrected chi connectivity index (χ4v) is 5.30. The minimum atomic E-state index is -1.26. The Hall–Kier alpha value is -0.470. The molecule has 0 atom stereocenters. The molecule has 0 bridgehead atoms. The van der Waals surface area contributed by atoms with Gasteiger partial charge in [0.05, 0.1) is 19.8 Å². The number of unbranched alkanes of at least 4 members (excludes halogenated alkanes) is 18. The summed E-state index contributed by atoms with van der Waals surface area (Å²) >= 11 is 0. The molecule has 0 fully saturated rings. The van der Waals surface area contributed by atoms with E-state index in [4.69, 9.17) is 13.6 Å². The highest BCUT2D eigenvalue weighted by atomic mass is 31.2. The average Bonchev–Trinajstić information content (AvgIpc) is 2.89. The van der Waals surface area contributed by atoms with Gasteiger partial charge < -0.3 is 13.6 Å². The highest BCUT2D eigenvalue weighted by Crippen LogP contribution is 2.41. The summed E-state index contributed by atoms with van der Waals surface area (Å²) in [5.41, 5.74) is 1.17. The lowest BCUT2D eigenvalue weighted by Crippen LogP contribution is -2.00. The Morgan fingerprint density at radius 2 is 0.829 bits per heavy atom. The van der Waals surface area contributed by atoms with Gasteiger partial charge in [-0.15, -0.1) is 0 Å². The van der Waals surface area contributed by atoms with E-state index >= 15 is 0 Å². The van der Waals surface area contributed by atoms with Crippen LogP contribution in [0.2, 0.25) is 0 Å². The number of benzene rings is 1. The number of rotatable bonds is 27. The summed E-state index contributed by atoms with van der Waals surface area (Å²) in [6.45, 7) is 6.61. The number of hydrogen-bond acceptors (Lipinski definition) is 3. The summed E-state index contributed by atoms with van der Waals surface area (Å²) in [5, 5.41) is 0. The van der Waals surface area contributed by atoms with Crippen LogP contribution in [0.3, 0.4) is 0 Å². The van der Waals surface area contributed by atoms with Gasteiger partial charge >= 0.3 is 8.60 Å². The van der Waals surface area contributed by atoms with Crippen molar-refractivity contribution < 1.29 is 13.6 Å². The van der Waals surface area contributed by atoms with Gasteiger partial charge in [0.15, 0.2) is 0 Å². The standard InChI is InChI=1S/C31H57O3P/c1-3-5-7-9-11-13-15-17-19-24-28-32-35(34-30-31-26-22-21-23-27-31)33-29-25-20-18-16-14-12-10-8-6-4-2/h21-23,26-27H,3-20,24-25,28-30H2,1-2H3. The Morgan fingerprint density at radius 1 is 0.457 bits per heavy atom. The van der Waals surface area contributed by atoms with Crippen LogP contribution < -0.4 is 0 Å². The van der Waals surface area contributed by atoms with Gasteiger partial charge in [0.1, 0.15) is 0 Å². The van der Waals surface area contributed by atoms with Crippen LogP contribution in [0.5, 0.6) is 0 Å². The molecule has 0 aromatic heterocycles. The fraction of sp³-hybridized carbons (Fsp3) is 0.806. The van der Waals surface area contributed by atoms with E-state index in [2.05, 4.69) is 38.1 Å². The van der Waals surface area contributed by atoms with Crippen molar-refractivity contribution in [1.29, 1.82) is 0 Å². The van der Waals surface area contributed by atoms with Crippen LogP contribution in [-0.2, 0) is 20.2 Å². The van der Waals surface area contributed by atoms with Gasteiger partial charge in [0.2, 0.25) is 0 Å². The molecule has 0 amide bonds. The molecule has 35 heavy (non-hydrogen) atoms. The van der Waals surface area contributed by atoms with Crippen LogP contribution in [0.1, 0.15) is 148 Å². The molecule has 0 spiro atoms. The maximum Gasteiger partial charge on any atom is 0.332 e. The van der Waals surface area contributed by atoms with Crippen LogP contribution in [0.25, 0.3) is 0 Å². The fourth-order valence-electron chi connectivity index (χ4n) is 4.27. The third kappa shape index (κ3) is 22.5. The minimum absolute atomic E-state index is 0.558. The lowest BCUT2D eigenvalue weighted by Gasteiger charge is -2.17. The van der Waals surface area contributed by atoms with Gasteiger partial charge in [-0.2, -0.15) is 0 Å². The first-order valence-corrected chi connectivity index (χ1v) is 16.2. The molecule has 1 aromatic carbocycles. The Bertz CT molecular complexity index is 499. The second kappa shape index (κ2) is 26.6. The van der Waals surface area contributed by atoms with E-state index in [0.717, 1.165) is 26.1 Å². The Balaban J connectivity index is 2.10. The molecule has 0 aliphatic heterocycles. The van der Waals surface area contributed by atoms with E-state index in [1.165, 1.54) is 121 Å². The second-order valence-electron chi connectivity index (χ2n) is 10.0. The molecule has 4 heteroatoms. The molecule has 204 valence electrons. The van der Waals surface area contributed by atoms with Gasteiger partial charge in [-0.3, -0.25) is 0 Å². The molecule has 0 saturated heterocycles. The van der Waals surface area contributed by atoms with Crippen molar-refractivity contribution >= 4 is 8.60 Å². The maximum atomic E-state index is 6.05. The largest absolute Gasteiger partial charge is 0.332 e. The number of hydrogen-bond donors (Lipinski definition) is 0. The van der Waals surface area contributed by atoms with Gasteiger partial charge in [-0.25, -0.2) is 0 Å². The Kier molecular flexibility index (Phi) is 24.7. The summed E-state index contributed by atoms with van der Waals surface area (Å²) in [6, 6.07) is 10.3. The molecule has 1 aromatic rings. The molecule has 0 unspecified atom stereocenters. The van der Waals surface area contributed by atoms with Crippen LogP contribution in [-0.4, -0.2) is 13.2 Å². The monoisotopic (exact) mass is 508 g/mol. The molecular formula is C31H57O3P. The van der Waals surface area contributed by atoms with Gasteiger partial charge in [0.25, 0.3) is 0 Å². The lowest BCUT2D eigenvalue weighted by atomic mass is 10.1. The van der Waals surface area contributed by atoms with Crippen molar-refractivity contribution in [3.63, 3.8) is 0 Å². The smallest absolute Gasteiger partial charge is 0.312 e. The van der Waals surface area contributed by atoms with E-state index in [0.29, 0.717) is 6.61 Å². The zero-order valence-electron chi connectivity index (χ0n) is 23.3. The molecule has 3 nitrogen and oxygen atoms in total. The first-order chi connectivity index (χ1) is 17.4. The molecule has 0 N–H and O–H groups in total. The average molecular weight is 509 g/mol. The van der Waals surface area contributed by atoms with Gasteiger partial charge in [0, 0.05) is 0 Å². The first kappa shape index (κ1) is 32.6. The SMILES string of the molecule is CCCCCCCCCCCCOP(OCCCCCCCCCCCC)OCc1ccccc1. The minimum Gasteiger partial charge on any atom is -0.312 e. The second-order valence-corrected chi connectivity index (χ2v) is 11.2. The van der Waals surface area contributed by atoms with E-state index in [1.54, 1.807) is 0 Å². The van der Waals surface area contributed by atoms with Crippen LogP contribution in [0, 0.1) is 0 Å². The third-order valence-corrected chi connectivity index (χ3v) is 7.70. The van der Waals surface area contributed by atoms with Crippen molar-refractivity contribution in [2.75, 3.05) is 13.2 Å². The Morgan fingerprint density at radius 3 is 1.23 bits per heavy atom. The Labute approximate surface area is 220 Å². The van der Waals surface area contributed by atoms with Crippen molar-refractivity contribution in [2.45, 2.75) is 149 Å². The third-order valence-electron chi connectivity index (χ3n) is 6.57.